The monoisotopic (exact) mass is 369 g/mol. The lowest BCUT2D eigenvalue weighted by atomic mass is 9.94. The third kappa shape index (κ3) is 2.96. The van der Waals surface area contributed by atoms with Crippen molar-refractivity contribution in [3.8, 4) is 11.5 Å². The molecule has 2 aromatic rings. The molecule has 0 saturated carbocycles. The number of halogens is 2. The largest absolute Gasteiger partial charge is 0.454 e. The van der Waals surface area contributed by atoms with Gasteiger partial charge in [-0.25, -0.2) is 17.2 Å². The minimum atomic E-state index is -4.04. The van der Waals surface area contributed by atoms with E-state index in [1.54, 1.807) is 32.0 Å². The fourth-order valence-corrected chi connectivity index (χ4v) is 4.07. The number of sulfonamides is 1. The molecule has 0 aromatic heterocycles. The van der Waals surface area contributed by atoms with E-state index in [9.17, 15) is 17.2 Å². The second kappa shape index (κ2) is 5.96. The summed E-state index contributed by atoms with van der Waals surface area (Å²) in [6.07, 6.45) is 0. The van der Waals surface area contributed by atoms with Crippen LogP contribution in [-0.2, 0) is 15.6 Å². The summed E-state index contributed by atoms with van der Waals surface area (Å²) in [6.45, 7) is 3.53. The third-order valence-electron chi connectivity index (χ3n) is 4.42. The minimum Gasteiger partial charge on any atom is -0.454 e. The number of fused-ring (bicyclic) bond motifs is 1. The van der Waals surface area contributed by atoms with Gasteiger partial charge in [-0.3, -0.25) is 0 Å². The molecule has 8 heteroatoms. The van der Waals surface area contributed by atoms with E-state index >= 15 is 0 Å². The summed E-state index contributed by atoms with van der Waals surface area (Å²) >= 11 is 0. The normalized spacial score (nSPS) is 14.2. The Labute approximate surface area is 144 Å². The molecule has 0 fully saturated rings. The molecular weight excluding hydrogens is 352 g/mol. The number of ether oxygens (including phenoxy) is 2. The number of benzene rings is 2. The molecule has 0 N–H and O–H groups in total. The fourth-order valence-electron chi connectivity index (χ4n) is 2.55. The zero-order valence-electron chi connectivity index (χ0n) is 13.9. The molecule has 0 spiro atoms. The first-order valence-electron chi connectivity index (χ1n) is 7.48. The van der Waals surface area contributed by atoms with Crippen LogP contribution in [0.1, 0.15) is 19.4 Å². The maximum absolute atomic E-state index is 13.5. The van der Waals surface area contributed by atoms with Gasteiger partial charge in [0.05, 0.1) is 10.4 Å². The Morgan fingerprint density at radius 3 is 2.36 bits per heavy atom. The van der Waals surface area contributed by atoms with Crippen LogP contribution in [0, 0.1) is 11.6 Å². The van der Waals surface area contributed by atoms with E-state index in [1.807, 2.05) is 0 Å². The predicted molar refractivity (Wildman–Crippen MR) is 86.9 cm³/mol. The van der Waals surface area contributed by atoms with E-state index in [0.29, 0.717) is 23.1 Å². The van der Waals surface area contributed by atoms with Gasteiger partial charge in [0.15, 0.2) is 23.1 Å². The lowest BCUT2D eigenvalue weighted by Crippen LogP contribution is -2.42. The standard InChI is InChI=1S/C17H17F2NO4S/c1-17(2,11-4-7-15-16(8-11)24-10-23-15)20(3)25(21,22)12-5-6-13(18)14(19)9-12/h4-9H,10H2,1-3H3. The van der Waals surface area contributed by atoms with Crippen LogP contribution in [0.15, 0.2) is 41.3 Å². The summed E-state index contributed by atoms with van der Waals surface area (Å²) in [4.78, 5) is -0.317. The highest BCUT2D eigenvalue weighted by Crippen LogP contribution is 2.38. The van der Waals surface area contributed by atoms with Crippen molar-refractivity contribution in [1.29, 1.82) is 0 Å². The van der Waals surface area contributed by atoms with Crippen molar-refractivity contribution >= 4 is 10.0 Å². The Balaban J connectivity index is 1.99. The van der Waals surface area contributed by atoms with Gasteiger partial charge in [0, 0.05) is 7.05 Å². The van der Waals surface area contributed by atoms with E-state index in [2.05, 4.69) is 0 Å². The summed E-state index contributed by atoms with van der Waals surface area (Å²) in [5, 5.41) is 0. The summed E-state index contributed by atoms with van der Waals surface area (Å²) in [7, 11) is -2.65. The average Bonchev–Trinajstić information content (AvgIpc) is 3.04. The number of nitrogens with zero attached hydrogens (tertiary/aromatic N) is 1. The molecule has 3 rings (SSSR count). The van der Waals surface area contributed by atoms with Crippen molar-refractivity contribution < 1.29 is 26.7 Å². The summed E-state index contributed by atoms with van der Waals surface area (Å²) in [6, 6.07) is 7.67. The highest BCUT2D eigenvalue weighted by atomic mass is 32.2. The average molecular weight is 369 g/mol. The first kappa shape index (κ1) is 17.6. The Hall–Kier alpha value is -2.19. The van der Waals surface area contributed by atoms with Crippen molar-refractivity contribution in [2.75, 3.05) is 13.8 Å². The summed E-state index contributed by atoms with van der Waals surface area (Å²) < 4.78 is 63.9. The van der Waals surface area contributed by atoms with E-state index in [-0.39, 0.29) is 11.7 Å². The predicted octanol–water partition coefficient (Wildman–Crippen LogP) is 3.25. The first-order chi connectivity index (χ1) is 11.6. The van der Waals surface area contributed by atoms with Crippen LogP contribution < -0.4 is 9.47 Å². The topological polar surface area (TPSA) is 55.8 Å². The molecule has 25 heavy (non-hydrogen) atoms. The molecule has 0 bridgehead atoms. The van der Waals surface area contributed by atoms with Crippen LogP contribution in [0.2, 0.25) is 0 Å². The molecule has 134 valence electrons. The lowest BCUT2D eigenvalue weighted by molar-refractivity contribution is 0.173. The van der Waals surface area contributed by atoms with Gasteiger partial charge >= 0.3 is 0 Å². The van der Waals surface area contributed by atoms with Crippen molar-refractivity contribution in [2.24, 2.45) is 0 Å². The number of hydrogen-bond donors (Lipinski definition) is 0. The maximum atomic E-state index is 13.5. The van der Waals surface area contributed by atoms with Gasteiger partial charge in [0.25, 0.3) is 0 Å². The Morgan fingerprint density at radius 2 is 1.68 bits per heavy atom. The fraction of sp³-hybridized carbons (Fsp3) is 0.294. The van der Waals surface area contributed by atoms with E-state index < -0.39 is 27.2 Å². The molecule has 1 heterocycles. The Morgan fingerprint density at radius 1 is 1.00 bits per heavy atom. The number of hydrogen-bond acceptors (Lipinski definition) is 4. The van der Waals surface area contributed by atoms with Crippen molar-refractivity contribution in [1.82, 2.24) is 4.31 Å². The SMILES string of the molecule is CN(C(C)(C)c1ccc2c(c1)OCO2)S(=O)(=O)c1ccc(F)c(F)c1. The molecule has 1 aliphatic rings. The van der Waals surface area contributed by atoms with Crippen molar-refractivity contribution in [3.63, 3.8) is 0 Å². The van der Waals surface area contributed by atoms with Crippen LogP contribution in [0.25, 0.3) is 0 Å². The zero-order valence-corrected chi connectivity index (χ0v) is 14.7. The van der Waals surface area contributed by atoms with Gasteiger partial charge in [-0.05, 0) is 49.7 Å². The van der Waals surface area contributed by atoms with E-state index in [1.165, 1.54) is 7.05 Å². The highest BCUT2D eigenvalue weighted by Gasteiger charge is 2.36. The summed E-state index contributed by atoms with van der Waals surface area (Å²) in [5.74, 6) is -1.19. The summed E-state index contributed by atoms with van der Waals surface area (Å²) in [5.41, 5.74) is -0.296. The molecule has 5 nitrogen and oxygen atoms in total. The second-order valence-electron chi connectivity index (χ2n) is 6.18. The van der Waals surface area contributed by atoms with Crippen LogP contribution in [-0.4, -0.2) is 26.6 Å². The van der Waals surface area contributed by atoms with Crippen LogP contribution >= 0.6 is 0 Å². The van der Waals surface area contributed by atoms with Crippen LogP contribution in [0.5, 0.6) is 11.5 Å². The number of rotatable bonds is 4. The quantitative estimate of drug-likeness (QED) is 0.830. The van der Waals surface area contributed by atoms with Gasteiger partial charge in [-0.1, -0.05) is 6.07 Å². The van der Waals surface area contributed by atoms with Gasteiger partial charge < -0.3 is 9.47 Å². The van der Waals surface area contributed by atoms with Gasteiger partial charge in [0.2, 0.25) is 16.8 Å². The molecule has 0 saturated heterocycles. The molecule has 1 aliphatic heterocycles. The van der Waals surface area contributed by atoms with E-state index in [0.717, 1.165) is 16.4 Å². The molecule has 0 aliphatic carbocycles. The van der Waals surface area contributed by atoms with Crippen molar-refractivity contribution in [3.05, 3.63) is 53.6 Å². The third-order valence-corrected chi connectivity index (χ3v) is 6.44. The first-order valence-corrected chi connectivity index (χ1v) is 8.92. The van der Waals surface area contributed by atoms with Gasteiger partial charge in [0.1, 0.15) is 0 Å². The zero-order chi connectivity index (χ0) is 18.4. The molecule has 0 radical (unpaired) electrons. The molecule has 0 atom stereocenters. The minimum absolute atomic E-state index is 0.113. The second-order valence-corrected chi connectivity index (χ2v) is 8.14. The van der Waals surface area contributed by atoms with Gasteiger partial charge in [-0.2, -0.15) is 4.31 Å². The van der Waals surface area contributed by atoms with Gasteiger partial charge in [-0.15, -0.1) is 0 Å². The smallest absolute Gasteiger partial charge is 0.243 e. The molecular formula is C17H17F2NO4S. The Bertz CT molecular complexity index is 928. The molecule has 0 unspecified atom stereocenters. The van der Waals surface area contributed by atoms with Crippen LogP contribution in [0.4, 0.5) is 8.78 Å². The Kier molecular flexibility index (Phi) is 4.20. The highest BCUT2D eigenvalue weighted by molar-refractivity contribution is 7.89. The van der Waals surface area contributed by atoms with Crippen LogP contribution in [0.3, 0.4) is 0 Å². The van der Waals surface area contributed by atoms with Crippen molar-refractivity contribution in [2.45, 2.75) is 24.3 Å². The molecule has 0 amide bonds. The van der Waals surface area contributed by atoms with E-state index in [4.69, 9.17) is 9.47 Å². The lowest BCUT2D eigenvalue weighted by Gasteiger charge is -2.35. The molecule has 2 aromatic carbocycles. The maximum Gasteiger partial charge on any atom is 0.243 e.